The summed E-state index contributed by atoms with van der Waals surface area (Å²) >= 11 is 0. The number of hydrogen-bond donors (Lipinski definition) is 2. The van der Waals surface area contributed by atoms with Crippen LogP contribution in [0.2, 0.25) is 0 Å². The van der Waals surface area contributed by atoms with Gasteiger partial charge in [0.1, 0.15) is 0 Å². The topological polar surface area (TPSA) is 30.5 Å². The first-order valence-electron chi connectivity index (χ1n) is 15.9. The van der Waals surface area contributed by atoms with E-state index in [1.165, 1.54) is 95.1 Å². The van der Waals surface area contributed by atoms with Gasteiger partial charge in [0.05, 0.1) is 6.67 Å². The second-order valence-electron chi connectivity index (χ2n) is 12.6. The van der Waals surface area contributed by atoms with E-state index in [2.05, 4.69) is 88.0 Å². The average Bonchev–Trinajstić information content (AvgIpc) is 2.85. The Morgan fingerprint density at radius 3 is 1.89 bits per heavy atom. The lowest BCUT2D eigenvalue weighted by Gasteiger charge is -2.48. The number of hydrogen-bond acceptors (Lipinski definition) is 4. The van der Waals surface area contributed by atoms with Gasteiger partial charge < -0.3 is 10.6 Å². The fourth-order valence-corrected chi connectivity index (χ4v) is 5.83. The maximum Gasteiger partial charge on any atom is 0.0507 e. The van der Waals surface area contributed by atoms with Crippen molar-refractivity contribution in [3.05, 3.63) is 23.3 Å². The van der Waals surface area contributed by atoms with E-state index < -0.39 is 0 Å². The van der Waals surface area contributed by atoms with Gasteiger partial charge in [-0.05, 0) is 65.2 Å². The molecule has 218 valence electrons. The number of unbranched alkanes of at least 4 members (excludes halogenated alkanes) is 2. The first-order chi connectivity index (χ1) is 17.7. The fourth-order valence-electron chi connectivity index (χ4n) is 5.83. The van der Waals surface area contributed by atoms with Gasteiger partial charge in [-0.15, -0.1) is 0 Å². The molecule has 2 N–H and O–H groups in total. The predicted molar refractivity (Wildman–Crippen MR) is 166 cm³/mol. The van der Waals surface area contributed by atoms with Crippen LogP contribution in [0, 0.1) is 11.8 Å². The molecule has 0 aromatic heterocycles. The van der Waals surface area contributed by atoms with Gasteiger partial charge in [-0.3, -0.25) is 9.80 Å². The minimum absolute atomic E-state index is 0.155. The summed E-state index contributed by atoms with van der Waals surface area (Å²) < 4.78 is 0. The Bertz CT molecular complexity index is 596. The van der Waals surface area contributed by atoms with Gasteiger partial charge in [0, 0.05) is 51.4 Å². The summed E-state index contributed by atoms with van der Waals surface area (Å²) in [5, 5.41) is 7.63. The largest absolute Gasteiger partial charge is 0.312 e. The Hall–Kier alpha value is -0.680. The van der Waals surface area contributed by atoms with Gasteiger partial charge in [0.15, 0.2) is 0 Å². The van der Waals surface area contributed by atoms with E-state index in [1.54, 1.807) is 0 Å². The summed E-state index contributed by atoms with van der Waals surface area (Å²) in [5.41, 5.74) is 3.07. The van der Waals surface area contributed by atoms with Crippen LogP contribution >= 0.6 is 0 Å². The molecule has 37 heavy (non-hydrogen) atoms. The van der Waals surface area contributed by atoms with Crippen LogP contribution in [0.4, 0.5) is 0 Å². The van der Waals surface area contributed by atoms with Crippen LogP contribution in [0.25, 0.3) is 0 Å². The van der Waals surface area contributed by atoms with E-state index in [0.29, 0.717) is 0 Å². The lowest BCUT2D eigenvalue weighted by Crippen LogP contribution is -2.65. The Labute approximate surface area is 233 Å². The molecule has 4 heteroatoms. The van der Waals surface area contributed by atoms with Crippen molar-refractivity contribution in [2.24, 2.45) is 11.8 Å². The van der Waals surface area contributed by atoms with Crippen LogP contribution in [-0.4, -0.2) is 67.8 Å². The zero-order chi connectivity index (χ0) is 27.5. The van der Waals surface area contributed by atoms with Crippen LogP contribution in [0.15, 0.2) is 23.3 Å². The highest BCUT2D eigenvalue weighted by Crippen LogP contribution is 2.23. The molecule has 0 aromatic rings. The highest BCUT2D eigenvalue weighted by Gasteiger charge is 2.35. The maximum absolute atomic E-state index is 3.99. The molecule has 1 aliphatic heterocycles. The average molecular weight is 519 g/mol. The van der Waals surface area contributed by atoms with Crippen molar-refractivity contribution in [3.63, 3.8) is 0 Å². The van der Waals surface area contributed by atoms with Gasteiger partial charge in [0.2, 0.25) is 0 Å². The van der Waals surface area contributed by atoms with Crippen molar-refractivity contribution in [1.29, 1.82) is 0 Å². The molecule has 0 bridgehead atoms. The summed E-state index contributed by atoms with van der Waals surface area (Å²) in [4.78, 5) is 5.55. The Kier molecular flexibility index (Phi) is 18.8. The molecular weight excluding hydrogens is 452 g/mol. The molecule has 0 spiro atoms. The lowest BCUT2D eigenvalue weighted by atomic mass is 9.93. The van der Waals surface area contributed by atoms with Crippen LogP contribution < -0.4 is 10.6 Å². The number of nitrogens with zero attached hydrogens (tertiary/aromatic N) is 2. The van der Waals surface area contributed by atoms with Crippen molar-refractivity contribution < 1.29 is 0 Å². The minimum Gasteiger partial charge on any atom is -0.312 e. The third-order valence-corrected chi connectivity index (χ3v) is 8.20. The number of allylic oxidation sites excluding steroid dienone is 3. The van der Waals surface area contributed by atoms with Crippen LogP contribution in [0.1, 0.15) is 120 Å². The third kappa shape index (κ3) is 16.1. The molecule has 2 unspecified atom stereocenters. The summed E-state index contributed by atoms with van der Waals surface area (Å²) in [7, 11) is 0. The van der Waals surface area contributed by atoms with Gasteiger partial charge in [-0.2, -0.15) is 0 Å². The highest BCUT2D eigenvalue weighted by atomic mass is 15.4. The molecule has 0 aromatic carbocycles. The fraction of sp³-hybridized carbons (Fsp3) is 0.879. The molecule has 0 saturated carbocycles. The molecule has 0 radical (unpaired) electrons. The standard InChI is InChI=1S/C33H66N4/c1-9-13-18-31(11-3)24-36-26-33(8,27-37(28-36)25-32(12-4)19-14-10-2)35-23-22-34-21-20-30(7)17-15-16-29(5)6/h16,20,31-32,34-35H,9-15,17-19,21-28H2,1-8H3/b30-20+. The molecule has 1 aliphatic rings. The van der Waals surface area contributed by atoms with Crippen LogP contribution in [0.5, 0.6) is 0 Å². The number of nitrogens with one attached hydrogen (secondary N) is 2. The smallest absolute Gasteiger partial charge is 0.0507 e. The minimum atomic E-state index is 0.155. The van der Waals surface area contributed by atoms with E-state index in [-0.39, 0.29) is 5.54 Å². The Balaban J connectivity index is 2.65. The molecule has 1 saturated heterocycles. The van der Waals surface area contributed by atoms with E-state index in [4.69, 9.17) is 0 Å². The SMILES string of the molecule is CCCCC(CC)CN1CN(CC(CC)CCCC)CC(C)(NCCNC/C=C(\C)CCC=C(C)C)C1. The maximum atomic E-state index is 3.99. The summed E-state index contributed by atoms with van der Waals surface area (Å²) in [6.07, 6.45) is 17.8. The molecule has 1 heterocycles. The lowest BCUT2D eigenvalue weighted by molar-refractivity contribution is 0.00522. The zero-order valence-corrected chi connectivity index (χ0v) is 26.4. The van der Waals surface area contributed by atoms with Gasteiger partial charge in [-0.25, -0.2) is 0 Å². The molecule has 1 fully saturated rings. The Morgan fingerprint density at radius 2 is 1.41 bits per heavy atom. The van der Waals surface area contributed by atoms with Crippen LogP contribution in [0.3, 0.4) is 0 Å². The van der Waals surface area contributed by atoms with E-state index >= 15 is 0 Å². The molecular formula is C33H66N4. The summed E-state index contributed by atoms with van der Waals surface area (Å²) in [6, 6.07) is 0. The van der Waals surface area contributed by atoms with Crippen molar-refractivity contribution in [2.45, 2.75) is 125 Å². The van der Waals surface area contributed by atoms with Crippen molar-refractivity contribution >= 4 is 0 Å². The second-order valence-corrected chi connectivity index (χ2v) is 12.6. The predicted octanol–water partition coefficient (Wildman–Crippen LogP) is 7.62. The van der Waals surface area contributed by atoms with Gasteiger partial charge >= 0.3 is 0 Å². The van der Waals surface area contributed by atoms with Gasteiger partial charge in [0.25, 0.3) is 0 Å². The molecule has 0 amide bonds. The van der Waals surface area contributed by atoms with E-state index in [1.807, 2.05) is 0 Å². The third-order valence-electron chi connectivity index (χ3n) is 8.20. The monoisotopic (exact) mass is 519 g/mol. The number of rotatable bonds is 21. The van der Waals surface area contributed by atoms with Crippen molar-refractivity contribution in [2.75, 3.05) is 52.5 Å². The normalized spacial score (nSPS) is 21.2. The van der Waals surface area contributed by atoms with E-state index in [9.17, 15) is 0 Å². The second kappa shape index (κ2) is 20.3. The summed E-state index contributed by atoms with van der Waals surface area (Å²) in [5.74, 6) is 1.67. The first-order valence-corrected chi connectivity index (χ1v) is 15.9. The Morgan fingerprint density at radius 1 is 0.838 bits per heavy atom. The molecule has 0 aliphatic carbocycles. The molecule has 4 nitrogen and oxygen atoms in total. The first kappa shape index (κ1) is 34.3. The highest BCUT2D eigenvalue weighted by molar-refractivity contribution is 5.03. The van der Waals surface area contributed by atoms with Crippen molar-refractivity contribution in [3.8, 4) is 0 Å². The van der Waals surface area contributed by atoms with Crippen molar-refractivity contribution in [1.82, 2.24) is 20.4 Å². The zero-order valence-electron chi connectivity index (χ0n) is 26.4. The van der Waals surface area contributed by atoms with Crippen LogP contribution in [-0.2, 0) is 0 Å². The van der Waals surface area contributed by atoms with E-state index in [0.717, 1.165) is 44.6 Å². The summed E-state index contributed by atoms with van der Waals surface area (Å²) in [6.45, 7) is 27.6. The molecule has 2 atom stereocenters. The molecule has 1 rings (SSSR count). The quantitative estimate of drug-likeness (QED) is 0.121. The van der Waals surface area contributed by atoms with Gasteiger partial charge in [-0.1, -0.05) is 89.5 Å².